The van der Waals surface area contributed by atoms with E-state index in [1.807, 2.05) is 13.8 Å². The van der Waals surface area contributed by atoms with E-state index in [4.69, 9.17) is 30.8 Å². The number of aromatic nitrogens is 2. The number of carboxylic acids is 1. The quantitative estimate of drug-likeness (QED) is 0.336. The fourth-order valence-corrected chi connectivity index (χ4v) is 2.46. The average molecular weight is 416 g/mol. The number of aliphatic hydroxyl groups excluding tert-OH is 2. The van der Waals surface area contributed by atoms with Crippen LogP contribution in [0.4, 0.5) is 5.82 Å². The molecule has 0 spiro atoms. The largest absolute Gasteiger partial charge is 0.481 e. The van der Waals surface area contributed by atoms with E-state index in [9.17, 15) is 19.8 Å². The number of nitrogens with zero attached hydrogens (tertiary/aromatic N) is 2. The molecule has 0 amide bonds. The lowest BCUT2D eigenvalue weighted by Crippen LogP contribution is -2.41. The van der Waals surface area contributed by atoms with Gasteiger partial charge >= 0.3 is 11.7 Å². The number of rotatable bonds is 6. The summed E-state index contributed by atoms with van der Waals surface area (Å²) in [6.07, 6.45) is -2.89. The van der Waals surface area contributed by atoms with Gasteiger partial charge in [-0.1, -0.05) is 20.3 Å². The van der Waals surface area contributed by atoms with E-state index in [2.05, 4.69) is 4.98 Å². The van der Waals surface area contributed by atoms with Gasteiger partial charge in [-0.05, 0) is 12.0 Å². The third-order valence-corrected chi connectivity index (χ3v) is 4.38. The summed E-state index contributed by atoms with van der Waals surface area (Å²) in [5.41, 5.74) is 10.5. The van der Waals surface area contributed by atoms with Crippen molar-refractivity contribution < 1.29 is 34.4 Å². The first-order valence-corrected chi connectivity index (χ1v) is 8.97. The summed E-state index contributed by atoms with van der Waals surface area (Å²) in [4.78, 5) is 36.3. The molecule has 1 saturated heterocycles. The molecule has 1 aromatic heterocycles. The monoisotopic (exact) mass is 416 g/mol. The Morgan fingerprint density at radius 2 is 1.97 bits per heavy atom. The first-order chi connectivity index (χ1) is 13.5. The molecule has 0 radical (unpaired) electrons. The molecule has 0 bridgehead atoms. The molecule has 6 atom stereocenters. The fourth-order valence-electron chi connectivity index (χ4n) is 2.46. The van der Waals surface area contributed by atoms with Gasteiger partial charge in [0.15, 0.2) is 6.23 Å². The Balaban J connectivity index is 0.000000960. The van der Waals surface area contributed by atoms with Crippen LogP contribution in [-0.2, 0) is 19.1 Å². The third-order valence-electron chi connectivity index (χ3n) is 4.38. The Hall–Kier alpha value is -2.54. The van der Waals surface area contributed by atoms with Gasteiger partial charge < -0.3 is 36.3 Å². The van der Waals surface area contributed by atoms with E-state index < -0.39 is 48.2 Å². The van der Waals surface area contributed by atoms with E-state index in [-0.39, 0.29) is 18.3 Å². The topological polar surface area (TPSA) is 200 Å². The van der Waals surface area contributed by atoms with Crippen LogP contribution in [0.1, 0.15) is 33.4 Å². The minimum absolute atomic E-state index is 0.0267. The molecule has 1 fully saturated rings. The molecule has 7 N–H and O–H groups in total. The van der Waals surface area contributed by atoms with Crippen LogP contribution in [0.25, 0.3) is 0 Å². The summed E-state index contributed by atoms with van der Waals surface area (Å²) >= 11 is 0. The summed E-state index contributed by atoms with van der Waals surface area (Å²) in [6, 6.07) is 0.579. The number of aliphatic hydroxyl groups is 2. The highest BCUT2D eigenvalue weighted by atomic mass is 16.6. The summed E-state index contributed by atoms with van der Waals surface area (Å²) in [7, 11) is 0. The second kappa shape index (κ2) is 10.9. The lowest BCUT2D eigenvalue weighted by atomic mass is 10.0. The average Bonchev–Trinajstić information content (AvgIpc) is 2.92. The Morgan fingerprint density at radius 1 is 1.38 bits per heavy atom. The summed E-state index contributed by atoms with van der Waals surface area (Å²) in [5.74, 6) is -1.48. The first kappa shape index (κ1) is 24.5. The van der Waals surface area contributed by atoms with Crippen molar-refractivity contribution in [3.8, 4) is 0 Å². The number of aliphatic carboxylic acids is 1. The molecule has 0 saturated carbocycles. The van der Waals surface area contributed by atoms with Crippen LogP contribution in [0.5, 0.6) is 0 Å². The molecule has 29 heavy (non-hydrogen) atoms. The number of ether oxygens (including phenoxy) is 2. The van der Waals surface area contributed by atoms with Gasteiger partial charge in [0.1, 0.15) is 36.8 Å². The number of carbonyl (C=O) groups is 2. The molecule has 1 aliphatic rings. The maximum atomic E-state index is 11.9. The van der Waals surface area contributed by atoms with Gasteiger partial charge in [0, 0.05) is 13.1 Å². The van der Waals surface area contributed by atoms with Crippen LogP contribution in [-0.4, -0.2) is 67.8 Å². The van der Waals surface area contributed by atoms with Gasteiger partial charge in [-0.3, -0.25) is 14.2 Å². The molecule has 1 aromatic rings. The molecular weight excluding hydrogens is 388 g/mol. The summed E-state index contributed by atoms with van der Waals surface area (Å²) in [5, 5.41) is 27.6. The van der Waals surface area contributed by atoms with Gasteiger partial charge in [0.2, 0.25) is 0 Å². The van der Waals surface area contributed by atoms with Gasteiger partial charge in [-0.2, -0.15) is 4.98 Å². The number of hydrogen-bond acceptors (Lipinski definition) is 10. The first-order valence-electron chi connectivity index (χ1n) is 8.97. The van der Waals surface area contributed by atoms with Gasteiger partial charge in [0.25, 0.3) is 5.97 Å². The van der Waals surface area contributed by atoms with Crippen LogP contribution >= 0.6 is 0 Å². The number of nitrogens with two attached hydrogens (primary N) is 2. The molecule has 12 nitrogen and oxygen atoms in total. The van der Waals surface area contributed by atoms with Gasteiger partial charge in [0.05, 0.1) is 0 Å². The zero-order valence-corrected chi connectivity index (χ0v) is 16.5. The number of hydrogen-bond donors (Lipinski definition) is 5. The zero-order valence-electron chi connectivity index (χ0n) is 16.5. The lowest BCUT2D eigenvalue weighted by Gasteiger charge is -2.19. The lowest BCUT2D eigenvalue weighted by molar-refractivity contribution is -0.153. The van der Waals surface area contributed by atoms with Crippen molar-refractivity contribution in [2.45, 2.75) is 57.8 Å². The van der Waals surface area contributed by atoms with E-state index in [1.54, 1.807) is 0 Å². The van der Waals surface area contributed by atoms with Crippen LogP contribution in [0.2, 0.25) is 0 Å². The van der Waals surface area contributed by atoms with Crippen molar-refractivity contribution in [1.29, 1.82) is 0 Å². The molecular formula is C17H28N4O8. The molecule has 1 aliphatic heterocycles. The molecule has 0 aromatic carbocycles. The van der Waals surface area contributed by atoms with Crippen molar-refractivity contribution in [3.05, 3.63) is 22.7 Å². The molecule has 12 heteroatoms. The van der Waals surface area contributed by atoms with Gasteiger partial charge in [-0.25, -0.2) is 4.79 Å². The van der Waals surface area contributed by atoms with Crippen LogP contribution < -0.4 is 17.2 Å². The second-order valence-corrected chi connectivity index (χ2v) is 6.65. The SMILES string of the molecule is CC(=O)O.CC[C@@H](C)[C@@H](N)C(=O)OC[C@H]1O[C@@H](n2ccc(N)nc2=O)[C@@H](O)[C@@H]1O. The Morgan fingerprint density at radius 3 is 2.48 bits per heavy atom. The van der Waals surface area contributed by atoms with Crippen molar-refractivity contribution in [2.24, 2.45) is 11.7 Å². The van der Waals surface area contributed by atoms with Crippen LogP contribution in [0.3, 0.4) is 0 Å². The number of carboxylic acid groups (broad SMARTS) is 1. The standard InChI is InChI=1S/C15H24N4O6.C2H4O2/c1-3-7(2)10(17)14(22)24-6-8-11(20)12(21)13(25-8)19-5-4-9(16)18-15(19)23;1-2(3)4/h4-5,7-8,10-13,20-21H,3,6,17H2,1-2H3,(H2,16,18,23);1H3,(H,3,4)/t7-,8-,10-,11-,12+,13-;/m1./s1. The minimum Gasteiger partial charge on any atom is -0.481 e. The van der Waals surface area contributed by atoms with Crippen molar-refractivity contribution in [3.63, 3.8) is 0 Å². The molecule has 0 aliphatic carbocycles. The maximum Gasteiger partial charge on any atom is 0.351 e. The van der Waals surface area contributed by atoms with E-state index in [0.717, 1.165) is 11.5 Å². The van der Waals surface area contributed by atoms with E-state index in [1.165, 1.54) is 12.3 Å². The van der Waals surface area contributed by atoms with E-state index >= 15 is 0 Å². The third kappa shape index (κ3) is 6.78. The smallest absolute Gasteiger partial charge is 0.351 e. The summed E-state index contributed by atoms with van der Waals surface area (Å²) < 4.78 is 11.6. The molecule has 2 heterocycles. The Kier molecular flexibility index (Phi) is 9.17. The highest BCUT2D eigenvalue weighted by molar-refractivity contribution is 5.75. The van der Waals surface area contributed by atoms with Crippen LogP contribution in [0.15, 0.2) is 17.1 Å². The van der Waals surface area contributed by atoms with Crippen molar-refractivity contribution in [1.82, 2.24) is 9.55 Å². The van der Waals surface area contributed by atoms with Crippen molar-refractivity contribution in [2.75, 3.05) is 12.3 Å². The maximum absolute atomic E-state index is 11.9. The highest BCUT2D eigenvalue weighted by Gasteiger charge is 2.44. The Labute approximate surface area is 167 Å². The number of carbonyl (C=O) groups excluding carboxylic acids is 1. The second-order valence-electron chi connectivity index (χ2n) is 6.65. The molecule has 164 valence electrons. The summed E-state index contributed by atoms with van der Waals surface area (Å²) in [6.45, 7) is 4.52. The number of nitrogen functional groups attached to an aromatic ring is 1. The molecule has 2 rings (SSSR count). The molecule has 0 unspecified atom stereocenters. The minimum atomic E-state index is -1.39. The van der Waals surface area contributed by atoms with Crippen LogP contribution in [0, 0.1) is 5.92 Å². The zero-order chi connectivity index (χ0) is 22.3. The normalized spacial score (nSPS) is 25.4. The number of esters is 1. The van der Waals surface area contributed by atoms with E-state index in [0.29, 0.717) is 6.42 Å². The number of anilines is 1. The Bertz CT molecular complexity index is 751. The predicted octanol–water partition coefficient (Wildman–Crippen LogP) is -1.55. The predicted molar refractivity (Wildman–Crippen MR) is 101 cm³/mol. The van der Waals surface area contributed by atoms with Crippen molar-refractivity contribution >= 4 is 17.8 Å². The fraction of sp³-hybridized carbons (Fsp3) is 0.647. The highest BCUT2D eigenvalue weighted by Crippen LogP contribution is 2.28. The van der Waals surface area contributed by atoms with Gasteiger partial charge in [-0.15, -0.1) is 0 Å².